The van der Waals surface area contributed by atoms with Crippen molar-refractivity contribution in [1.82, 2.24) is 4.90 Å². The molecule has 18 heavy (non-hydrogen) atoms. The zero-order valence-electron chi connectivity index (χ0n) is 10.0. The van der Waals surface area contributed by atoms with Crippen LogP contribution in [-0.2, 0) is 17.8 Å². The van der Waals surface area contributed by atoms with Crippen molar-refractivity contribution in [2.75, 3.05) is 26.3 Å². The molecule has 0 amide bonds. The van der Waals surface area contributed by atoms with E-state index in [4.69, 9.17) is 14.6 Å². The lowest BCUT2D eigenvalue weighted by Crippen LogP contribution is -2.34. The summed E-state index contributed by atoms with van der Waals surface area (Å²) in [6.07, 6.45) is 0.860. The highest BCUT2D eigenvalue weighted by Gasteiger charge is 2.22. The van der Waals surface area contributed by atoms with Crippen LogP contribution >= 0.6 is 0 Å². The van der Waals surface area contributed by atoms with Crippen LogP contribution in [0.4, 0.5) is 0 Å². The van der Waals surface area contributed by atoms with E-state index >= 15 is 0 Å². The van der Waals surface area contributed by atoms with Crippen LogP contribution in [0.1, 0.15) is 11.1 Å². The maximum Gasteiger partial charge on any atom is 0.317 e. The molecule has 1 aromatic rings. The van der Waals surface area contributed by atoms with Gasteiger partial charge in [-0.25, -0.2) is 0 Å². The summed E-state index contributed by atoms with van der Waals surface area (Å²) >= 11 is 0. The summed E-state index contributed by atoms with van der Waals surface area (Å²) in [6, 6.07) is 4.01. The highest BCUT2D eigenvalue weighted by Crippen LogP contribution is 2.35. The topological polar surface area (TPSA) is 59.0 Å². The number of fused-ring (bicyclic) bond motifs is 2. The van der Waals surface area contributed by atoms with Crippen LogP contribution in [-0.4, -0.2) is 42.3 Å². The standard InChI is InChI=1S/C13H15NO4/c15-13(16)8-14-2-1-9-5-11-12(6-10(9)7-14)18-4-3-17-11/h5-6H,1-4,7-8H2,(H,15,16). The molecule has 0 aromatic heterocycles. The second-order valence-corrected chi connectivity index (χ2v) is 4.62. The van der Waals surface area contributed by atoms with Crippen LogP contribution in [0.5, 0.6) is 11.5 Å². The molecule has 0 saturated carbocycles. The van der Waals surface area contributed by atoms with Gasteiger partial charge in [0.15, 0.2) is 11.5 Å². The number of hydrogen-bond acceptors (Lipinski definition) is 4. The summed E-state index contributed by atoms with van der Waals surface area (Å²) in [5.41, 5.74) is 2.38. The number of hydrogen-bond donors (Lipinski definition) is 1. The minimum absolute atomic E-state index is 0.0912. The first-order valence-electron chi connectivity index (χ1n) is 6.08. The van der Waals surface area contributed by atoms with Crippen LogP contribution in [0.3, 0.4) is 0 Å². The van der Waals surface area contributed by atoms with Gasteiger partial charge < -0.3 is 14.6 Å². The molecular weight excluding hydrogens is 234 g/mol. The smallest absolute Gasteiger partial charge is 0.317 e. The summed E-state index contributed by atoms with van der Waals surface area (Å²) in [7, 11) is 0. The fourth-order valence-electron chi connectivity index (χ4n) is 2.48. The zero-order chi connectivity index (χ0) is 12.5. The highest BCUT2D eigenvalue weighted by molar-refractivity contribution is 5.69. The first-order chi connectivity index (χ1) is 8.72. The number of benzene rings is 1. The average molecular weight is 249 g/mol. The van der Waals surface area contributed by atoms with Gasteiger partial charge in [-0.1, -0.05) is 0 Å². The zero-order valence-corrected chi connectivity index (χ0v) is 10.0. The summed E-state index contributed by atoms with van der Waals surface area (Å²) in [4.78, 5) is 12.7. The SMILES string of the molecule is O=C(O)CN1CCc2cc3c(cc2C1)OCCO3. The van der Waals surface area contributed by atoms with Crippen molar-refractivity contribution in [3.05, 3.63) is 23.3 Å². The Kier molecular flexibility index (Phi) is 2.83. The Morgan fingerprint density at radius 2 is 1.89 bits per heavy atom. The second-order valence-electron chi connectivity index (χ2n) is 4.62. The monoisotopic (exact) mass is 249 g/mol. The van der Waals surface area contributed by atoms with Gasteiger partial charge >= 0.3 is 5.97 Å². The van der Waals surface area contributed by atoms with E-state index in [1.807, 2.05) is 17.0 Å². The largest absolute Gasteiger partial charge is 0.486 e. The summed E-state index contributed by atoms with van der Waals surface area (Å²) in [5, 5.41) is 8.82. The predicted octanol–water partition coefficient (Wildman–Crippen LogP) is 0.901. The van der Waals surface area contributed by atoms with Crippen LogP contribution in [0.2, 0.25) is 0 Å². The van der Waals surface area contributed by atoms with Crippen molar-refractivity contribution in [2.45, 2.75) is 13.0 Å². The lowest BCUT2D eigenvalue weighted by molar-refractivity contribution is -0.138. The van der Waals surface area contributed by atoms with Gasteiger partial charge in [-0.05, 0) is 29.7 Å². The molecule has 0 saturated heterocycles. The molecule has 0 atom stereocenters. The normalized spacial score (nSPS) is 18.2. The summed E-state index contributed by atoms with van der Waals surface area (Å²) < 4.78 is 11.1. The van der Waals surface area contributed by atoms with Crippen molar-refractivity contribution in [1.29, 1.82) is 0 Å². The van der Waals surface area contributed by atoms with Gasteiger partial charge in [0.1, 0.15) is 13.2 Å². The third-order valence-corrected chi connectivity index (χ3v) is 3.31. The molecule has 96 valence electrons. The van der Waals surface area contributed by atoms with Crippen molar-refractivity contribution < 1.29 is 19.4 Å². The lowest BCUT2D eigenvalue weighted by Gasteiger charge is -2.29. The third kappa shape index (κ3) is 2.13. The number of carboxylic acids is 1. The molecule has 1 N–H and O–H groups in total. The molecule has 0 radical (unpaired) electrons. The minimum Gasteiger partial charge on any atom is -0.486 e. The van der Waals surface area contributed by atoms with E-state index < -0.39 is 5.97 Å². The van der Waals surface area contributed by atoms with Gasteiger partial charge in [0.05, 0.1) is 6.54 Å². The Morgan fingerprint density at radius 3 is 2.56 bits per heavy atom. The molecule has 0 bridgehead atoms. The number of nitrogens with zero attached hydrogens (tertiary/aromatic N) is 1. The van der Waals surface area contributed by atoms with Gasteiger partial charge in [-0.3, -0.25) is 9.69 Å². The highest BCUT2D eigenvalue weighted by atomic mass is 16.6. The van der Waals surface area contributed by atoms with Crippen molar-refractivity contribution in [3.8, 4) is 11.5 Å². The van der Waals surface area contributed by atoms with E-state index in [1.165, 1.54) is 5.56 Å². The van der Waals surface area contributed by atoms with E-state index in [9.17, 15) is 4.79 Å². The fraction of sp³-hybridized carbons (Fsp3) is 0.462. The van der Waals surface area contributed by atoms with E-state index in [0.717, 1.165) is 30.0 Å². The van der Waals surface area contributed by atoms with Crippen molar-refractivity contribution >= 4 is 5.97 Å². The third-order valence-electron chi connectivity index (χ3n) is 3.31. The Balaban J connectivity index is 1.84. The number of carboxylic acid groups (broad SMARTS) is 1. The maximum atomic E-state index is 10.7. The first kappa shape index (κ1) is 11.3. The van der Waals surface area contributed by atoms with Crippen molar-refractivity contribution in [2.24, 2.45) is 0 Å². The molecule has 0 unspecified atom stereocenters. The van der Waals surface area contributed by atoms with Crippen molar-refractivity contribution in [3.63, 3.8) is 0 Å². The van der Waals surface area contributed by atoms with E-state index in [1.54, 1.807) is 0 Å². The predicted molar refractivity (Wildman–Crippen MR) is 64.0 cm³/mol. The Hall–Kier alpha value is -1.75. The Morgan fingerprint density at radius 1 is 1.22 bits per heavy atom. The number of ether oxygens (including phenoxy) is 2. The van der Waals surface area contributed by atoms with Gasteiger partial charge in [0.2, 0.25) is 0 Å². The number of aliphatic carboxylic acids is 1. The molecule has 0 spiro atoms. The molecule has 5 nitrogen and oxygen atoms in total. The van der Waals surface area contributed by atoms with Crippen LogP contribution in [0.15, 0.2) is 12.1 Å². The molecule has 2 aliphatic rings. The number of rotatable bonds is 2. The fourth-order valence-corrected chi connectivity index (χ4v) is 2.48. The molecule has 1 aromatic carbocycles. The van der Waals surface area contributed by atoms with E-state index in [0.29, 0.717) is 19.8 Å². The van der Waals surface area contributed by atoms with Crippen LogP contribution in [0, 0.1) is 0 Å². The van der Waals surface area contributed by atoms with Gasteiger partial charge in [-0.15, -0.1) is 0 Å². The lowest BCUT2D eigenvalue weighted by atomic mass is 9.98. The first-order valence-corrected chi connectivity index (χ1v) is 6.08. The van der Waals surface area contributed by atoms with Crippen LogP contribution in [0.25, 0.3) is 0 Å². The van der Waals surface area contributed by atoms with Gasteiger partial charge in [0, 0.05) is 13.1 Å². The minimum atomic E-state index is -0.781. The van der Waals surface area contributed by atoms with Gasteiger partial charge in [0.25, 0.3) is 0 Å². The quantitative estimate of drug-likeness (QED) is 0.844. The van der Waals surface area contributed by atoms with E-state index in [-0.39, 0.29) is 6.54 Å². The average Bonchev–Trinajstić information content (AvgIpc) is 2.35. The molecule has 5 heteroatoms. The Labute approximate surface area is 105 Å². The number of carbonyl (C=O) groups is 1. The molecule has 2 aliphatic heterocycles. The maximum absolute atomic E-state index is 10.7. The summed E-state index contributed by atoms with van der Waals surface area (Å²) in [6.45, 7) is 2.70. The molecule has 3 rings (SSSR count). The van der Waals surface area contributed by atoms with E-state index in [2.05, 4.69) is 0 Å². The molecule has 2 heterocycles. The summed E-state index contributed by atoms with van der Waals surface area (Å²) in [5.74, 6) is 0.805. The second kappa shape index (κ2) is 4.49. The molecule has 0 aliphatic carbocycles. The van der Waals surface area contributed by atoms with Gasteiger partial charge in [-0.2, -0.15) is 0 Å². The Bertz CT molecular complexity index is 486. The molecule has 0 fully saturated rings. The van der Waals surface area contributed by atoms with Crippen LogP contribution < -0.4 is 9.47 Å². The molecular formula is C13H15NO4.